The fourth-order valence-electron chi connectivity index (χ4n) is 4.83. The molecule has 2 aliphatic rings. The first-order valence-corrected chi connectivity index (χ1v) is 7.93. The molecule has 1 aromatic rings. The van der Waals surface area contributed by atoms with E-state index in [0.717, 1.165) is 31.5 Å². The molecule has 0 aromatic heterocycles. The van der Waals surface area contributed by atoms with Gasteiger partial charge in [-0.1, -0.05) is 18.2 Å². The van der Waals surface area contributed by atoms with Crippen molar-refractivity contribution in [1.29, 1.82) is 0 Å². The normalized spacial score (nSPS) is 34.2. The van der Waals surface area contributed by atoms with E-state index >= 15 is 0 Å². The van der Waals surface area contributed by atoms with Crippen molar-refractivity contribution >= 4 is 0 Å². The van der Waals surface area contributed by atoms with E-state index in [9.17, 15) is 4.39 Å². The number of hydrogen-bond acceptors (Lipinski definition) is 2. The van der Waals surface area contributed by atoms with Crippen LogP contribution in [0.25, 0.3) is 0 Å². The molecule has 0 amide bonds. The van der Waals surface area contributed by atoms with Gasteiger partial charge in [-0.25, -0.2) is 4.39 Å². The molecule has 2 fully saturated rings. The maximum absolute atomic E-state index is 14.4. The van der Waals surface area contributed by atoms with Gasteiger partial charge >= 0.3 is 0 Å². The van der Waals surface area contributed by atoms with Gasteiger partial charge in [-0.2, -0.15) is 0 Å². The third-order valence-corrected chi connectivity index (χ3v) is 5.52. The third-order valence-electron chi connectivity index (χ3n) is 5.52. The number of rotatable bonds is 1. The summed E-state index contributed by atoms with van der Waals surface area (Å²) in [6.07, 6.45) is 2.01. The second kappa shape index (κ2) is 4.79. The molecule has 2 heterocycles. The Hall–Kier alpha value is -0.930. The minimum Gasteiger partial charge on any atom is -0.369 e. The minimum atomic E-state index is -0.244. The highest BCUT2D eigenvalue weighted by Gasteiger charge is 2.61. The van der Waals surface area contributed by atoms with Crippen LogP contribution in [0, 0.1) is 11.2 Å². The summed E-state index contributed by atoms with van der Waals surface area (Å²) in [4.78, 5) is 0. The Balaban J connectivity index is 2.09. The second-order valence-corrected chi connectivity index (χ2v) is 7.73. The molecule has 1 N–H and O–H groups in total. The van der Waals surface area contributed by atoms with Gasteiger partial charge in [-0.3, -0.25) is 0 Å². The summed E-state index contributed by atoms with van der Waals surface area (Å²) in [5.74, 6) is 0.0651. The summed E-state index contributed by atoms with van der Waals surface area (Å²) in [6.45, 7) is 10.5. The van der Waals surface area contributed by atoms with Gasteiger partial charge in [-0.15, -0.1) is 0 Å². The summed E-state index contributed by atoms with van der Waals surface area (Å²) in [5, 5.41) is 3.45. The number of piperidine rings is 1. The lowest BCUT2D eigenvalue weighted by Gasteiger charge is -2.49. The maximum Gasteiger partial charge on any atom is 0.126 e. The van der Waals surface area contributed by atoms with Crippen LogP contribution < -0.4 is 5.32 Å². The highest BCUT2D eigenvalue weighted by Crippen LogP contribution is 2.60. The van der Waals surface area contributed by atoms with Crippen molar-refractivity contribution in [3.05, 3.63) is 35.6 Å². The first-order valence-electron chi connectivity index (χ1n) is 7.93. The van der Waals surface area contributed by atoms with Crippen molar-refractivity contribution < 1.29 is 9.13 Å². The highest BCUT2D eigenvalue weighted by molar-refractivity contribution is 5.29. The molecule has 2 atom stereocenters. The quantitative estimate of drug-likeness (QED) is 0.848. The van der Waals surface area contributed by atoms with Gasteiger partial charge in [0.2, 0.25) is 0 Å². The zero-order chi connectivity index (χ0) is 15.3. The fourth-order valence-corrected chi connectivity index (χ4v) is 4.83. The Labute approximate surface area is 127 Å². The Morgan fingerprint density at radius 3 is 2.52 bits per heavy atom. The summed E-state index contributed by atoms with van der Waals surface area (Å²) < 4.78 is 20.8. The van der Waals surface area contributed by atoms with Crippen LogP contribution in [0.5, 0.6) is 0 Å². The van der Waals surface area contributed by atoms with Gasteiger partial charge in [0.15, 0.2) is 0 Å². The Kier molecular flexibility index (Phi) is 3.42. The maximum atomic E-state index is 14.4. The van der Waals surface area contributed by atoms with Crippen LogP contribution >= 0.6 is 0 Å². The van der Waals surface area contributed by atoms with Crippen molar-refractivity contribution in [2.75, 3.05) is 13.1 Å². The number of nitrogens with one attached hydrogen (secondary N) is 1. The van der Waals surface area contributed by atoms with Gasteiger partial charge in [0.1, 0.15) is 5.82 Å². The number of halogens is 1. The van der Waals surface area contributed by atoms with Crippen LogP contribution in [-0.4, -0.2) is 24.3 Å². The Bertz CT molecular complexity index is 540. The number of benzene rings is 1. The van der Waals surface area contributed by atoms with E-state index in [2.05, 4.69) is 33.0 Å². The molecule has 2 saturated heterocycles. The van der Waals surface area contributed by atoms with Crippen LogP contribution in [0.3, 0.4) is 0 Å². The van der Waals surface area contributed by atoms with Crippen molar-refractivity contribution in [1.82, 2.24) is 5.32 Å². The van der Waals surface area contributed by atoms with E-state index in [1.807, 2.05) is 12.1 Å². The van der Waals surface area contributed by atoms with E-state index in [-0.39, 0.29) is 28.4 Å². The lowest BCUT2D eigenvalue weighted by atomic mass is 9.58. The first-order chi connectivity index (χ1) is 9.78. The topological polar surface area (TPSA) is 21.3 Å². The molecule has 0 radical (unpaired) electrons. The Morgan fingerprint density at radius 1 is 1.19 bits per heavy atom. The van der Waals surface area contributed by atoms with Crippen LogP contribution in [0.1, 0.15) is 52.0 Å². The summed E-state index contributed by atoms with van der Waals surface area (Å²) in [7, 11) is 0. The fraction of sp³-hybridized carbons (Fsp3) is 0.667. The molecule has 3 rings (SSSR count). The smallest absolute Gasteiger partial charge is 0.126 e. The van der Waals surface area contributed by atoms with Crippen molar-refractivity contribution in [2.45, 2.75) is 57.7 Å². The molecular weight excluding hydrogens is 265 g/mol. The zero-order valence-electron chi connectivity index (χ0n) is 13.5. The van der Waals surface area contributed by atoms with Crippen LogP contribution in [0.15, 0.2) is 24.3 Å². The molecule has 1 spiro atoms. The summed E-state index contributed by atoms with van der Waals surface area (Å²) in [5.41, 5.74) is 0.430. The summed E-state index contributed by atoms with van der Waals surface area (Å²) in [6, 6.07) is 7.22. The Morgan fingerprint density at radius 2 is 1.90 bits per heavy atom. The molecule has 0 aliphatic carbocycles. The highest BCUT2D eigenvalue weighted by atomic mass is 19.1. The van der Waals surface area contributed by atoms with E-state index in [4.69, 9.17) is 4.74 Å². The predicted molar refractivity (Wildman–Crippen MR) is 82.9 cm³/mol. The van der Waals surface area contributed by atoms with Gasteiger partial charge in [-0.05, 0) is 58.7 Å². The largest absolute Gasteiger partial charge is 0.369 e. The van der Waals surface area contributed by atoms with Crippen LogP contribution in [-0.2, 0) is 4.74 Å². The first kappa shape index (κ1) is 15.0. The zero-order valence-corrected chi connectivity index (χ0v) is 13.5. The molecule has 3 heteroatoms. The van der Waals surface area contributed by atoms with Crippen molar-refractivity contribution in [3.8, 4) is 0 Å². The van der Waals surface area contributed by atoms with E-state index in [0.29, 0.717) is 0 Å². The van der Waals surface area contributed by atoms with E-state index < -0.39 is 0 Å². The van der Waals surface area contributed by atoms with E-state index in [1.165, 1.54) is 0 Å². The van der Waals surface area contributed by atoms with Gasteiger partial charge in [0, 0.05) is 17.9 Å². The van der Waals surface area contributed by atoms with Crippen molar-refractivity contribution in [2.24, 2.45) is 5.41 Å². The van der Waals surface area contributed by atoms with Crippen LogP contribution in [0.2, 0.25) is 0 Å². The summed E-state index contributed by atoms with van der Waals surface area (Å²) >= 11 is 0. The van der Waals surface area contributed by atoms with Crippen molar-refractivity contribution in [3.63, 3.8) is 0 Å². The molecule has 116 valence electrons. The molecule has 2 aliphatic heterocycles. The molecule has 21 heavy (non-hydrogen) atoms. The standard InChI is InChI=1S/C18H26FNO/c1-16(2)12-18(17(3,4)21-16)9-10-20-11-14(18)13-7-5-6-8-15(13)19/h5-8,14,20H,9-12H2,1-4H3. The third kappa shape index (κ3) is 2.31. The number of ether oxygens (including phenoxy) is 1. The average molecular weight is 291 g/mol. The molecule has 2 nitrogen and oxygen atoms in total. The molecular formula is C18H26FNO. The SMILES string of the molecule is CC1(C)CC2(CCNCC2c2ccccc2F)C(C)(C)O1. The molecule has 1 aromatic carbocycles. The molecule has 0 bridgehead atoms. The minimum absolute atomic E-state index is 0.00998. The van der Waals surface area contributed by atoms with Gasteiger partial charge in [0.25, 0.3) is 0 Å². The van der Waals surface area contributed by atoms with Gasteiger partial charge < -0.3 is 10.1 Å². The van der Waals surface area contributed by atoms with Gasteiger partial charge in [0.05, 0.1) is 11.2 Å². The molecule has 2 unspecified atom stereocenters. The molecule has 0 saturated carbocycles. The monoisotopic (exact) mass is 291 g/mol. The average Bonchev–Trinajstić information content (AvgIpc) is 2.56. The van der Waals surface area contributed by atoms with Crippen LogP contribution in [0.4, 0.5) is 4.39 Å². The van der Waals surface area contributed by atoms with E-state index in [1.54, 1.807) is 12.1 Å². The second-order valence-electron chi connectivity index (χ2n) is 7.73. The predicted octanol–water partition coefficient (Wildman–Crippen LogP) is 3.87. The lowest BCUT2D eigenvalue weighted by Crippen LogP contribution is -2.52. The lowest BCUT2D eigenvalue weighted by molar-refractivity contribution is -0.104. The number of hydrogen-bond donors (Lipinski definition) is 1.